The largest absolute Gasteiger partial charge is 0.334 e. The van der Waals surface area contributed by atoms with Gasteiger partial charge in [0.05, 0.1) is 18.3 Å². The normalized spacial score (nSPS) is 18.8. The maximum Gasteiger partial charge on any atom is 0.237 e. The number of amides is 1. The summed E-state index contributed by atoms with van der Waals surface area (Å²) >= 11 is 0. The molecule has 0 radical (unpaired) electrons. The Morgan fingerprint density at radius 3 is 2.83 bits per heavy atom. The average molecular weight is 273 g/mol. The number of likely N-dealkylation sites (tertiary alicyclic amines) is 1. The summed E-state index contributed by atoms with van der Waals surface area (Å²) in [5.74, 6) is 0.176. The topological polar surface area (TPSA) is 61.0 Å². The molecule has 0 aromatic carbocycles. The van der Waals surface area contributed by atoms with Crippen molar-refractivity contribution in [3.8, 4) is 0 Å². The first kappa shape index (κ1) is 15.0. The van der Waals surface area contributed by atoms with Gasteiger partial charge in [0.15, 0.2) is 0 Å². The van der Waals surface area contributed by atoms with Crippen molar-refractivity contribution in [2.24, 2.45) is 0 Å². The minimum Gasteiger partial charge on any atom is -0.334 e. The Bertz CT molecular complexity index is 399. The zero-order valence-corrected chi connectivity index (χ0v) is 11.9. The molecule has 1 aromatic rings. The van der Waals surface area contributed by atoms with Gasteiger partial charge >= 0.3 is 0 Å². The van der Waals surface area contributed by atoms with Crippen molar-refractivity contribution in [1.29, 1.82) is 0 Å². The molecule has 0 aliphatic carbocycles. The predicted molar refractivity (Wildman–Crippen MR) is 72.9 cm³/mol. The van der Waals surface area contributed by atoms with Gasteiger partial charge in [0.2, 0.25) is 5.91 Å². The van der Waals surface area contributed by atoms with Crippen LogP contribution in [0.25, 0.3) is 0 Å². The van der Waals surface area contributed by atoms with E-state index in [2.05, 4.69) is 15.5 Å². The molecule has 1 atom stereocenters. The minimum absolute atomic E-state index is 0. The highest BCUT2D eigenvalue weighted by atomic mass is 35.5. The average Bonchev–Trinajstić information content (AvgIpc) is 2.86. The van der Waals surface area contributed by atoms with Gasteiger partial charge in [-0.25, -0.2) is 0 Å². The highest BCUT2D eigenvalue weighted by molar-refractivity contribution is 5.85. The van der Waals surface area contributed by atoms with Gasteiger partial charge in [-0.1, -0.05) is 0 Å². The van der Waals surface area contributed by atoms with E-state index in [9.17, 15) is 4.79 Å². The molecule has 5 nitrogen and oxygen atoms in total. The first-order valence-corrected chi connectivity index (χ1v) is 6.10. The van der Waals surface area contributed by atoms with E-state index in [0.29, 0.717) is 6.54 Å². The van der Waals surface area contributed by atoms with Crippen molar-refractivity contribution < 1.29 is 4.79 Å². The van der Waals surface area contributed by atoms with Crippen molar-refractivity contribution in [3.63, 3.8) is 0 Å². The molecule has 2 rings (SSSR count). The molecule has 102 valence electrons. The molecule has 1 aliphatic heterocycles. The van der Waals surface area contributed by atoms with Crippen LogP contribution in [0.1, 0.15) is 35.8 Å². The van der Waals surface area contributed by atoms with Crippen molar-refractivity contribution in [1.82, 2.24) is 20.4 Å². The van der Waals surface area contributed by atoms with Crippen molar-refractivity contribution in [3.05, 3.63) is 17.0 Å². The minimum atomic E-state index is 0. The summed E-state index contributed by atoms with van der Waals surface area (Å²) in [6.07, 6.45) is 2.11. The van der Waals surface area contributed by atoms with Crippen LogP contribution in [0.5, 0.6) is 0 Å². The van der Waals surface area contributed by atoms with E-state index in [1.54, 1.807) is 7.05 Å². The number of H-pyrrole nitrogens is 1. The van der Waals surface area contributed by atoms with E-state index in [-0.39, 0.29) is 24.4 Å². The van der Waals surface area contributed by atoms with Crippen LogP contribution in [0, 0.1) is 13.8 Å². The Hall–Kier alpha value is -1.07. The van der Waals surface area contributed by atoms with Gasteiger partial charge < -0.3 is 10.2 Å². The first-order chi connectivity index (χ1) is 8.15. The van der Waals surface area contributed by atoms with Gasteiger partial charge in [-0.3, -0.25) is 9.89 Å². The van der Waals surface area contributed by atoms with Crippen LogP contribution < -0.4 is 5.32 Å². The molecule has 1 aromatic heterocycles. The Balaban J connectivity index is 0.00000162. The number of aromatic amines is 1. The smallest absolute Gasteiger partial charge is 0.237 e. The lowest BCUT2D eigenvalue weighted by molar-refractivity contribution is -0.131. The lowest BCUT2D eigenvalue weighted by Gasteiger charge is -2.25. The number of nitrogens with one attached hydrogen (secondary N) is 2. The van der Waals surface area contributed by atoms with Crippen LogP contribution in [0.4, 0.5) is 0 Å². The third-order valence-electron chi connectivity index (χ3n) is 3.42. The maximum absolute atomic E-state index is 12.0. The summed E-state index contributed by atoms with van der Waals surface area (Å²) in [7, 11) is 1.80. The summed E-state index contributed by atoms with van der Waals surface area (Å²) in [6, 6.07) is 0.203. The molecule has 6 heteroatoms. The molecule has 1 aliphatic rings. The van der Waals surface area contributed by atoms with Crippen molar-refractivity contribution in [2.45, 2.75) is 32.7 Å². The standard InChI is InChI=1S/C12H20N4O.ClH/c1-8-12(9(2)15-14-8)10-5-4-6-16(10)11(17)7-13-3;/h10,13H,4-7H2,1-3H3,(H,14,15);1H. The number of hydrogen-bond acceptors (Lipinski definition) is 3. The Labute approximate surface area is 114 Å². The lowest BCUT2D eigenvalue weighted by Crippen LogP contribution is -2.36. The lowest BCUT2D eigenvalue weighted by atomic mass is 10.0. The first-order valence-electron chi connectivity index (χ1n) is 6.10. The predicted octanol–water partition coefficient (Wildman–Crippen LogP) is 1.33. The monoisotopic (exact) mass is 272 g/mol. The number of likely N-dealkylation sites (N-methyl/N-ethyl adjacent to an activating group) is 1. The second kappa shape index (κ2) is 6.20. The molecule has 0 spiro atoms. The third-order valence-corrected chi connectivity index (χ3v) is 3.42. The fourth-order valence-corrected chi connectivity index (χ4v) is 2.67. The summed E-state index contributed by atoms with van der Waals surface area (Å²) in [5, 5.41) is 10.1. The third kappa shape index (κ3) is 2.67. The zero-order valence-electron chi connectivity index (χ0n) is 11.1. The second-order valence-electron chi connectivity index (χ2n) is 4.62. The SMILES string of the molecule is CNCC(=O)N1CCCC1c1c(C)n[nH]c1C.Cl. The summed E-state index contributed by atoms with van der Waals surface area (Å²) in [4.78, 5) is 14.0. The van der Waals surface area contributed by atoms with Crippen LogP contribution in [-0.4, -0.2) is 41.1 Å². The van der Waals surface area contributed by atoms with Gasteiger partial charge in [0.1, 0.15) is 0 Å². The van der Waals surface area contributed by atoms with E-state index in [1.165, 1.54) is 5.56 Å². The van der Waals surface area contributed by atoms with E-state index in [1.807, 2.05) is 18.7 Å². The van der Waals surface area contributed by atoms with E-state index < -0.39 is 0 Å². The van der Waals surface area contributed by atoms with Gasteiger partial charge in [-0.15, -0.1) is 12.4 Å². The molecule has 1 fully saturated rings. The van der Waals surface area contributed by atoms with Crippen molar-refractivity contribution in [2.75, 3.05) is 20.1 Å². The van der Waals surface area contributed by atoms with Gasteiger partial charge in [0.25, 0.3) is 0 Å². The molecule has 0 bridgehead atoms. The quantitative estimate of drug-likeness (QED) is 0.873. The van der Waals surface area contributed by atoms with Crippen molar-refractivity contribution >= 4 is 18.3 Å². The number of aryl methyl sites for hydroxylation is 2. The molecule has 2 heterocycles. The second-order valence-corrected chi connectivity index (χ2v) is 4.62. The van der Waals surface area contributed by atoms with E-state index in [4.69, 9.17) is 0 Å². The fraction of sp³-hybridized carbons (Fsp3) is 0.667. The van der Waals surface area contributed by atoms with Gasteiger partial charge in [0, 0.05) is 17.8 Å². The van der Waals surface area contributed by atoms with Crippen LogP contribution in [0.3, 0.4) is 0 Å². The Kier molecular flexibility index (Phi) is 5.16. The highest BCUT2D eigenvalue weighted by Crippen LogP contribution is 2.34. The number of carbonyl (C=O) groups excluding carboxylic acids is 1. The number of nitrogens with zero attached hydrogens (tertiary/aromatic N) is 2. The Morgan fingerprint density at radius 2 is 2.28 bits per heavy atom. The number of rotatable bonds is 3. The number of halogens is 1. The van der Waals surface area contributed by atoms with Crippen LogP contribution in [0.2, 0.25) is 0 Å². The molecular formula is C12H21ClN4O. The number of carbonyl (C=O) groups is 1. The number of hydrogen-bond donors (Lipinski definition) is 2. The van der Waals surface area contributed by atoms with Crippen LogP contribution in [-0.2, 0) is 4.79 Å². The van der Waals surface area contributed by atoms with Crippen LogP contribution >= 0.6 is 12.4 Å². The molecule has 1 saturated heterocycles. The molecule has 2 N–H and O–H groups in total. The summed E-state index contributed by atoms with van der Waals surface area (Å²) < 4.78 is 0. The molecular weight excluding hydrogens is 252 g/mol. The summed E-state index contributed by atoms with van der Waals surface area (Å²) in [5.41, 5.74) is 3.29. The van der Waals surface area contributed by atoms with E-state index >= 15 is 0 Å². The molecule has 1 amide bonds. The zero-order chi connectivity index (χ0) is 12.4. The highest BCUT2D eigenvalue weighted by Gasteiger charge is 2.32. The van der Waals surface area contributed by atoms with Crippen LogP contribution in [0.15, 0.2) is 0 Å². The summed E-state index contributed by atoms with van der Waals surface area (Å²) in [6.45, 7) is 5.29. The van der Waals surface area contributed by atoms with E-state index in [0.717, 1.165) is 30.8 Å². The molecule has 1 unspecified atom stereocenters. The maximum atomic E-state index is 12.0. The fourth-order valence-electron chi connectivity index (χ4n) is 2.67. The molecule has 18 heavy (non-hydrogen) atoms. The molecule has 0 saturated carbocycles. The number of aromatic nitrogens is 2. The Morgan fingerprint density at radius 1 is 1.56 bits per heavy atom. The van der Waals surface area contributed by atoms with Gasteiger partial charge in [-0.2, -0.15) is 5.10 Å². The van der Waals surface area contributed by atoms with Gasteiger partial charge in [-0.05, 0) is 33.7 Å².